The number of nitrogens with zero attached hydrogens (tertiary/aromatic N) is 1. The lowest BCUT2D eigenvalue weighted by Gasteiger charge is -2.06. The van der Waals surface area contributed by atoms with Crippen LogP contribution in [0.5, 0.6) is 0 Å². The van der Waals surface area contributed by atoms with Gasteiger partial charge in [0.1, 0.15) is 5.52 Å². The van der Waals surface area contributed by atoms with Crippen LogP contribution in [-0.4, -0.2) is 15.7 Å². The third-order valence-electron chi connectivity index (χ3n) is 3.76. The molecule has 0 bridgehead atoms. The van der Waals surface area contributed by atoms with Crippen LogP contribution in [0.15, 0.2) is 22.6 Å². The van der Waals surface area contributed by atoms with Crippen molar-refractivity contribution in [2.75, 3.05) is 0 Å². The summed E-state index contributed by atoms with van der Waals surface area (Å²) in [5.74, 6) is 1.45. The lowest BCUT2D eigenvalue weighted by Crippen LogP contribution is -2.10. The number of aromatic nitrogens is 1. The zero-order chi connectivity index (χ0) is 11.5. The molecule has 2 saturated carbocycles. The Morgan fingerprint density at radius 1 is 1.35 bits per heavy atom. The van der Waals surface area contributed by atoms with Crippen molar-refractivity contribution in [3.8, 4) is 0 Å². The SMILES string of the molecule is OC1(Cc2ccc3oc(C4CC4)nc3c2)CC1. The van der Waals surface area contributed by atoms with Crippen LogP contribution < -0.4 is 0 Å². The van der Waals surface area contributed by atoms with Crippen LogP contribution in [0, 0.1) is 0 Å². The molecule has 1 N–H and O–H groups in total. The Hall–Kier alpha value is -1.35. The Morgan fingerprint density at radius 3 is 2.88 bits per heavy atom. The van der Waals surface area contributed by atoms with E-state index in [0.29, 0.717) is 5.92 Å². The molecule has 0 saturated heterocycles. The van der Waals surface area contributed by atoms with Crippen LogP contribution in [0.25, 0.3) is 11.1 Å². The van der Waals surface area contributed by atoms with Gasteiger partial charge >= 0.3 is 0 Å². The van der Waals surface area contributed by atoms with Crippen molar-refractivity contribution < 1.29 is 9.52 Å². The van der Waals surface area contributed by atoms with Crippen molar-refractivity contribution in [3.63, 3.8) is 0 Å². The third kappa shape index (κ3) is 1.75. The maximum Gasteiger partial charge on any atom is 0.198 e. The molecule has 1 aromatic heterocycles. The second kappa shape index (κ2) is 3.10. The largest absolute Gasteiger partial charge is 0.440 e. The van der Waals surface area contributed by atoms with Gasteiger partial charge in [-0.3, -0.25) is 0 Å². The van der Waals surface area contributed by atoms with Crippen LogP contribution in [0.3, 0.4) is 0 Å². The minimum Gasteiger partial charge on any atom is -0.440 e. The number of hydrogen-bond acceptors (Lipinski definition) is 3. The highest BCUT2D eigenvalue weighted by Crippen LogP contribution is 2.41. The number of oxazole rings is 1. The minimum atomic E-state index is -0.434. The minimum absolute atomic E-state index is 0.434. The van der Waals surface area contributed by atoms with E-state index >= 15 is 0 Å². The van der Waals surface area contributed by atoms with Gasteiger partial charge in [0.15, 0.2) is 11.5 Å². The molecular weight excluding hydrogens is 214 g/mol. The van der Waals surface area contributed by atoms with Crippen LogP contribution in [0.4, 0.5) is 0 Å². The topological polar surface area (TPSA) is 46.3 Å². The van der Waals surface area contributed by atoms with Gasteiger partial charge in [-0.1, -0.05) is 6.07 Å². The van der Waals surface area contributed by atoms with E-state index in [0.717, 1.165) is 41.8 Å². The third-order valence-corrected chi connectivity index (χ3v) is 3.76. The number of benzene rings is 1. The monoisotopic (exact) mass is 229 g/mol. The Bertz CT molecular complexity index is 579. The molecule has 0 spiro atoms. The van der Waals surface area contributed by atoms with Crippen molar-refractivity contribution in [3.05, 3.63) is 29.7 Å². The fourth-order valence-corrected chi connectivity index (χ4v) is 2.31. The molecule has 0 atom stereocenters. The predicted octanol–water partition coefficient (Wildman–Crippen LogP) is 2.77. The van der Waals surface area contributed by atoms with Gasteiger partial charge in [-0.25, -0.2) is 4.98 Å². The molecule has 88 valence electrons. The highest BCUT2D eigenvalue weighted by molar-refractivity contribution is 5.73. The van der Waals surface area contributed by atoms with Crippen LogP contribution in [-0.2, 0) is 6.42 Å². The quantitative estimate of drug-likeness (QED) is 0.880. The number of rotatable bonds is 3. The van der Waals surface area contributed by atoms with Crippen LogP contribution >= 0.6 is 0 Å². The first kappa shape index (κ1) is 9.66. The molecule has 1 heterocycles. The second-order valence-electron chi connectivity index (χ2n) is 5.53. The Balaban J connectivity index is 1.70. The summed E-state index contributed by atoms with van der Waals surface area (Å²) in [4.78, 5) is 4.54. The van der Waals surface area contributed by atoms with E-state index in [1.165, 1.54) is 12.8 Å². The van der Waals surface area contributed by atoms with E-state index < -0.39 is 5.60 Å². The lowest BCUT2D eigenvalue weighted by molar-refractivity contribution is 0.151. The van der Waals surface area contributed by atoms with E-state index in [2.05, 4.69) is 11.1 Å². The maximum atomic E-state index is 9.91. The highest BCUT2D eigenvalue weighted by atomic mass is 16.3. The summed E-state index contributed by atoms with van der Waals surface area (Å²) in [6.45, 7) is 0. The lowest BCUT2D eigenvalue weighted by atomic mass is 10.1. The smallest absolute Gasteiger partial charge is 0.198 e. The molecule has 4 rings (SSSR count). The van der Waals surface area contributed by atoms with Crippen LogP contribution in [0.2, 0.25) is 0 Å². The molecule has 0 aliphatic heterocycles. The fraction of sp³-hybridized carbons (Fsp3) is 0.500. The van der Waals surface area contributed by atoms with Crippen molar-refractivity contribution in [1.29, 1.82) is 0 Å². The summed E-state index contributed by atoms with van der Waals surface area (Å²) in [5, 5.41) is 9.91. The molecule has 2 aromatic rings. The first-order chi connectivity index (χ1) is 8.22. The zero-order valence-electron chi connectivity index (χ0n) is 9.65. The molecule has 2 aliphatic carbocycles. The van der Waals surface area contributed by atoms with Crippen molar-refractivity contribution in [2.45, 2.75) is 43.6 Å². The van der Waals surface area contributed by atoms with Gasteiger partial charge in [-0.05, 0) is 43.4 Å². The van der Waals surface area contributed by atoms with Crippen molar-refractivity contribution in [2.24, 2.45) is 0 Å². The normalized spacial score (nSPS) is 21.9. The summed E-state index contributed by atoms with van der Waals surface area (Å²) in [6, 6.07) is 6.08. The van der Waals surface area contributed by atoms with E-state index in [1.807, 2.05) is 12.1 Å². The Morgan fingerprint density at radius 2 is 2.18 bits per heavy atom. The zero-order valence-corrected chi connectivity index (χ0v) is 9.65. The standard InChI is InChI=1S/C14H15NO2/c16-14(5-6-14)8-9-1-4-12-11(7-9)15-13(17-12)10-2-3-10/h1,4,7,10,16H,2-3,5-6,8H2. The summed E-state index contributed by atoms with van der Waals surface area (Å²) in [6.07, 6.45) is 5.02. The molecule has 0 unspecified atom stereocenters. The molecule has 17 heavy (non-hydrogen) atoms. The summed E-state index contributed by atoms with van der Waals surface area (Å²) in [5.41, 5.74) is 2.54. The number of hydrogen-bond donors (Lipinski definition) is 1. The van der Waals surface area contributed by atoms with Gasteiger partial charge in [0.05, 0.1) is 5.60 Å². The fourth-order valence-electron chi connectivity index (χ4n) is 2.31. The average Bonchev–Trinajstić information content (AvgIpc) is 3.21. The number of fused-ring (bicyclic) bond motifs is 1. The van der Waals surface area contributed by atoms with Crippen molar-refractivity contribution in [1.82, 2.24) is 4.98 Å². The summed E-state index contributed by atoms with van der Waals surface area (Å²) < 4.78 is 5.72. The van der Waals surface area contributed by atoms with Gasteiger partial charge < -0.3 is 9.52 Å². The first-order valence-corrected chi connectivity index (χ1v) is 6.34. The van der Waals surface area contributed by atoms with Gasteiger partial charge in [0.2, 0.25) is 0 Å². The average molecular weight is 229 g/mol. The van der Waals surface area contributed by atoms with Gasteiger partial charge in [-0.15, -0.1) is 0 Å². The highest BCUT2D eigenvalue weighted by Gasteiger charge is 2.40. The van der Waals surface area contributed by atoms with E-state index in [1.54, 1.807) is 0 Å². The predicted molar refractivity (Wildman–Crippen MR) is 63.9 cm³/mol. The molecule has 1 aromatic carbocycles. The van der Waals surface area contributed by atoms with Gasteiger partial charge in [-0.2, -0.15) is 0 Å². The second-order valence-corrected chi connectivity index (χ2v) is 5.53. The molecule has 3 nitrogen and oxygen atoms in total. The maximum absolute atomic E-state index is 9.91. The summed E-state index contributed by atoms with van der Waals surface area (Å²) in [7, 11) is 0. The van der Waals surface area contributed by atoms with E-state index in [9.17, 15) is 5.11 Å². The molecular formula is C14H15NO2. The summed E-state index contributed by atoms with van der Waals surface area (Å²) >= 11 is 0. The van der Waals surface area contributed by atoms with Crippen molar-refractivity contribution >= 4 is 11.1 Å². The number of aliphatic hydroxyl groups is 1. The molecule has 0 radical (unpaired) electrons. The van der Waals surface area contributed by atoms with Crippen LogP contribution in [0.1, 0.15) is 43.1 Å². The first-order valence-electron chi connectivity index (χ1n) is 6.34. The van der Waals surface area contributed by atoms with E-state index in [-0.39, 0.29) is 0 Å². The molecule has 3 heteroatoms. The van der Waals surface area contributed by atoms with Gasteiger partial charge in [0, 0.05) is 12.3 Å². The molecule has 0 amide bonds. The molecule has 2 fully saturated rings. The molecule has 2 aliphatic rings. The Labute approximate surface area is 99.5 Å². The van der Waals surface area contributed by atoms with E-state index in [4.69, 9.17) is 4.42 Å². The Kier molecular flexibility index (Phi) is 1.76. The van der Waals surface area contributed by atoms with Gasteiger partial charge in [0.25, 0.3) is 0 Å².